The van der Waals surface area contributed by atoms with Crippen LogP contribution in [-0.4, -0.2) is 25.7 Å². The highest BCUT2D eigenvalue weighted by atomic mass is 32.2. The Labute approximate surface area is 90.0 Å². The zero-order chi connectivity index (χ0) is 10.2. The first-order valence-electron chi connectivity index (χ1n) is 4.70. The van der Waals surface area contributed by atoms with Gasteiger partial charge in [-0.3, -0.25) is 0 Å². The molecule has 0 aromatic heterocycles. The van der Waals surface area contributed by atoms with Crippen molar-refractivity contribution in [1.82, 2.24) is 5.32 Å². The molecule has 0 atom stereocenters. The summed E-state index contributed by atoms with van der Waals surface area (Å²) in [6.07, 6.45) is 2.12. The molecule has 0 unspecified atom stereocenters. The smallest absolute Gasteiger partial charge is 0.123 e. The predicted molar refractivity (Wildman–Crippen MR) is 63.1 cm³/mol. The Bertz CT molecular complexity index is 265. The number of ether oxygens (including phenoxy) is 1. The SMILES string of the molecule is COc1ccccc1CNCCSC. The highest BCUT2D eigenvalue weighted by molar-refractivity contribution is 7.98. The normalized spacial score (nSPS) is 10.1. The van der Waals surface area contributed by atoms with E-state index in [9.17, 15) is 0 Å². The summed E-state index contributed by atoms with van der Waals surface area (Å²) in [6.45, 7) is 1.92. The molecule has 0 amide bonds. The highest BCUT2D eigenvalue weighted by Gasteiger charge is 1.99. The van der Waals surface area contributed by atoms with Crippen molar-refractivity contribution in [2.45, 2.75) is 6.54 Å². The lowest BCUT2D eigenvalue weighted by Crippen LogP contribution is -2.16. The van der Waals surface area contributed by atoms with Crippen molar-refractivity contribution < 1.29 is 4.74 Å². The predicted octanol–water partition coefficient (Wildman–Crippen LogP) is 2.15. The molecule has 0 spiro atoms. The van der Waals surface area contributed by atoms with Crippen molar-refractivity contribution in [3.05, 3.63) is 29.8 Å². The average molecular weight is 211 g/mol. The first-order valence-corrected chi connectivity index (χ1v) is 6.09. The van der Waals surface area contributed by atoms with Crippen molar-refractivity contribution in [3.8, 4) is 5.75 Å². The highest BCUT2D eigenvalue weighted by Crippen LogP contribution is 2.16. The molecule has 1 aromatic rings. The summed E-state index contributed by atoms with van der Waals surface area (Å²) in [4.78, 5) is 0. The quantitative estimate of drug-likeness (QED) is 0.729. The number of hydrogen-bond donors (Lipinski definition) is 1. The maximum atomic E-state index is 5.26. The summed E-state index contributed by atoms with van der Waals surface area (Å²) in [5.41, 5.74) is 1.22. The maximum absolute atomic E-state index is 5.26. The van der Waals surface area contributed by atoms with Crippen LogP contribution in [-0.2, 0) is 6.54 Å². The van der Waals surface area contributed by atoms with Gasteiger partial charge in [0.15, 0.2) is 0 Å². The monoisotopic (exact) mass is 211 g/mol. The minimum atomic E-state index is 0.880. The first-order chi connectivity index (χ1) is 6.88. The fraction of sp³-hybridized carbons (Fsp3) is 0.455. The molecule has 1 aromatic carbocycles. The van der Waals surface area contributed by atoms with E-state index in [1.54, 1.807) is 7.11 Å². The molecule has 0 radical (unpaired) electrons. The maximum Gasteiger partial charge on any atom is 0.123 e. The van der Waals surface area contributed by atoms with Gasteiger partial charge in [0.25, 0.3) is 0 Å². The van der Waals surface area contributed by atoms with Gasteiger partial charge in [0, 0.05) is 24.4 Å². The van der Waals surface area contributed by atoms with Crippen LogP contribution in [0.15, 0.2) is 24.3 Å². The first kappa shape index (κ1) is 11.4. The van der Waals surface area contributed by atoms with Crippen LogP contribution < -0.4 is 10.1 Å². The molecule has 0 aliphatic heterocycles. The standard InChI is InChI=1S/C11H17NOS/c1-13-11-6-4-3-5-10(11)9-12-7-8-14-2/h3-6,12H,7-9H2,1-2H3. The van der Waals surface area contributed by atoms with Crippen LogP contribution in [0.2, 0.25) is 0 Å². The van der Waals surface area contributed by atoms with E-state index in [-0.39, 0.29) is 0 Å². The average Bonchev–Trinajstić information content (AvgIpc) is 2.25. The molecule has 0 saturated carbocycles. The molecule has 0 bridgehead atoms. The lowest BCUT2D eigenvalue weighted by molar-refractivity contribution is 0.408. The van der Waals surface area contributed by atoms with Crippen LogP contribution in [0.4, 0.5) is 0 Å². The Morgan fingerprint density at radius 3 is 2.86 bits per heavy atom. The molecule has 0 fully saturated rings. The van der Waals surface area contributed by atoms with E-state index in [0.717, 1.165) is 24.6 Å². The van der Waals surface area contributed by atoms with Crippen molar-refractivity contribution in [3.63, 3.8) is 0 Å². The van der Waals surface area contributed by atoms with E-state index in [4.69, 9.17) is 4.74 Å². The fourth-order valence-corrected chi connectivity index (χ4v) is 1.59. The van der Waals surface area contributed by atoms with Crippen molar-refractivity contribution >= 4 is 11.8 Å². The number of hydrogen-bond acceptors (Lipinski definition) is 3. The summed E-state index contributed by atoms with van der Waals surface area (Å²) < 4.78 is 5.26. The van der Waals surface area contributed by atoms with E-state index in [2.05, 4.69) is 17.6 Å². The van der Waals surface area contributed by atoms with E-state index in [1.165, 1.54) is 5.56 Å². The number of thioether (sulfide) groups is 1. The minimum Gasteiger partial charge on any atom is -0.496 e. The summed E-state index contributed by atoms with van der Waals surface area (Å²) >= 11 is 1.85. The van der Waals surface area contributed by atoms with Gasteiger partial charge in [0.05, 0.1) is 7.11 Å². The zero-order valence-electron chi connectivity index (χ0n) is 8.75. The number of methoxy groups -OCH3 is 1. The molecule has 0 aliphatic carbocycles. The molecule has 1 rings (SSSR count). The second kappa shape index (κ2) is 6.74. The van der Waals surface area contributed by atoms with Crippen molar-refractivity contribution in [2.24, 2.45) is 0 Å². The van der Waals surface area contributed by atoms with Crippen LogP contribution >= 0.6 is 11.8 Å². The van der Waals surface area contributed by atoms with Gasteiger partial charge in [-0.2, -0.15) is 11.8 Å². The lowest BCUT2D eigenvalue weighted by Gasteiger charge is -2.08. The van der Waals surface area contributed by atoms with Crippen LogP contribution in [0, 0.1) is 0 Å². The van der Waals surface area contributed by atoms with Crippen molar-refractivity contribution in [1.29, 1.82) is 0 Å². The molecule has 2 nitrogen and oxygen atoms in total. The van der Waals surface area contributed by atoms with Gasteiger partial charge < -0.3 is 10.1 Å². The number of para-hydroxylation sites is 1. The van der Waals surface area contributed by atoms with E-state index < -0.39 is 0 Å². The van der Waals surface area contributed by atoms with Crippen LogP contribution in [0.5, 0.6) is 5.75 Å². The topological polar surface area (TPSA) is 21.3 Å². The van der Waals surface area contributed by atoms with Gasteiger partial charge in [-0.1, -0.05) is 18.2 Å². The third kappa shape index (κ3) is 3.60. The van der Waals surface area contributed by atoms with E-state index in [1.807, 2.05) is 30.0 Å². The van der Waals surface area contributed by atoms with Gasteiger partial charge in [-0.05, 0) is 12.3 Å². The Kier molecular flexibility index (Phi) is 5.49. The number of nitrogens with one attached hydrogen (secondary N) is 1. The summed E-state index contributed by atoms with van der Waals surface area (Å²) in [7, 11) is 1.71. The molecule has 78 valence electrons. The van der Waals surface area contributed by atoms with Crippen LogP contribution in [0.3, 0.4) is 0 Å². The third-order valence-electron chi connectivity index (χ3n) is 1.99. The number of rotatable bonds is 6. The molecule has 3 heteroatoms. The Hall–Kier alpha value is -0.670. The summed E-state index contributed by atoms with van der Waals surface area (Å²) in [5.74, 6) is 2.11. The van der Waals surface area contributed by atoms with Crippen LogP contribution in [0.25, 0.3) is 0 Å². The van der Waals surface area contributed by atoms with Gasteiger partial charge in [0.1, 0.15) is 5.75 Å². The van der Waals surface area contributed by atoms with Crippen molar-refractivity contribution in [2.75, 3.05) is 25.7 Å². The molecule has 1 N–H and O–H groups in total. The molecular formula is C11H17NOS. The minimum absolute atomic E-state index is 0.880. The molecular weight excluding hydrogens is 194 g/mol. The molecule has 0 heterocycles. The van der Waals surface area contributed by atoms with Gasteiger partial charge in [-0.25, -0.2) is 0 Å². The Balaban J connectivity index is 2.41. The number of benzene rings is 1. The third-order valence-corrected chi connectivity index (χ3v) is 2.60. The molecule has 0 saturated heterocycles. The van der Waals surface area contributed by atoms with Gasteiger partial charge >= 0.3 is 0 Å². The molecule has 14 heavy (non-hydrogen) atoms. The fourth-order valence-electron chi connectivity index (χ4n) is 1.25. The summed E-state index contributed by atoms with van der Waals surface area (Å²) in [6, 6.07) is 8.11. The summed E-state index contributed by atoms with van der Waals surface area (Å²) in [5, 5.41) is 3.38. The molecule has 0 aliphatic rings. The van der Waals surface area contributed by atoms with Crippen LogP contribution in [0.1, 0.15) is 5.56 Å². The van der Waals surface area contributed by atoms with E-state index >= 15 is 0 Å². The zero-order valence-corrected chi connectivity index (χ0v) is 9.56. The Morgan fingerprint density at radius 1 is 1.36 bits per heavy atom. The Morgan fingerprint density at radius 2 is 2.14 bits per heavy atom. The van der Waals surface area contributed by atoms with E-state index in [0.29, 0.717) is 0 Å². The second-order valence-corrected chi connectivity index (χ2v) is 3.97. The largest absolute Gasteiger partial charge is 0.496 e. The van der Waals surface area contributed by atoms with Gasteiger partial charge in [-0.15, -0.1) is 0 Å². The lowest BCUT2D eigenvalue weighted by atomic mass is 10.2. The van der Waals surface area contributed by atoms with Gasteiger partial charge in [0.2, 0.25) is 0 Å². The second-order valence-electron chi connectivity index (χ2n) is 2.98.